The molecule has 0 saturated heterocycles. The van der Waals surface area contributed by atoms with E-state index in [0.29, 0.717) is 26.2 Å². The summed E-state index contributed by atoms with van der Waals surface area (Å²) < 4.78 is 10.3. The van der Waals surface area contributed by atoms with Gasteiger partial charge in [-0.3, -0.25) is 0 Å². The van der Waals surface area contributed by atoms with Crippen LogP contribution in [0.5, 0.6) is 0 Å². The minimum atomic E-state index is -1.07. The predicted octanol–water partition coefficient (Wildman–Crippen LogP) is 1.29. The van der Waals surface area contributed by atoms with Crippen molar-refractivity contribution in [1.82, 2.24) is 0 Å². The van der Waals surface area contributed by atoms with Crippen molar-refractivity contribution in [3.05, 3.63) is 0 Å². The molecule has 1 N–H and O–H groups in total. The quantitative estimate of drug-likeness (QED) is 0.615. The lowest BCUT2D eigenvalue weighted by molar-refractivity contribution is -0.165. The van der Waals surface area contributed by atoms with Crippen LogP contribution in [0.15, 0.2) is 0 Å². The summed E-state index contributed by atoms with van der Waals surface area (Å²) in [5.74, 6) is -0.925. The van der Waals surface area contributed by atoms with Gasteiger partial charge in [-0.05, 0) is 20.3 Å². The Kier molecular flexibility index (Phi) is 5.66. The van der Waals surface area contributed by atoms with Crippen molar-refractivity contribution in [3.8, 4) is 0 Å². The van der Waals surface area contributed by atoms with E-state index in [-0.39, 0.29) is 0 Å². The zero-order chi connectivity index (χ0) is 10.3. The first kappa shape index (κ1) is 12.4. The Morgan fingerprint density at radius 3 is 2.38 bits per heavy atom. The normalized spacial score (nSPS) is 15.3. The number of hydrogen-bond acceptors (Lipinski definition) is 3. The van der Waals surface area contributed by atoms with Gasteiger partial charge in [0.1, 0.15) is 0 Å². The summed E-state index contributed by atoms with van der Waals surface area (Å²) in [6.45, 7) is 6.63. The molecule has 0 rings (SSSR count). The zero-order valence-corrected chi connectivity index (χ0v) is 8.50. The van der Waals surface area contributed by atoms with E-state index in [9.17, 15) is 4.79 Å². The standard InChI is InChI=1S/C9H18O4/c1-4-9(3,8(10)11)13-7-6-12-5-2/h4-7H2,1-3H3,(H,10,11). The van der Waals surface area contributed by atoms with Crippen LogP contribution in [-0.2, 0) is 14.3 Å². The van der Waals surface area contributed by atoms with Crippen molar-refractivity contribution in [1.29, 1.82) is 0 Å². The number of hydrogen-bond donors (Lipinski definition) is 1. The van der Waals surface area contributed by atoms with Gasteiger partial charge in [-0.15, -0.1) is 0 Å². The fourth-order valence-electron chi connectivity index (χ4n) is 0.785. The molecule has 0 heterocycles. The number of carboxylic acid groups (broad SMARTS) is 1. The summed E-state index contributed by atoms with van der Waals surface area (Å²) >= 11 is 0. The van der Waals surface area contributed by atoms with Crippen LogP contribution in [-0.4, -0.2) is 36.5 Å². The largest absolute Gasteiger partial charge is 0.479 e. The van der Waals surface area contributed by atoms with Crippen molar-refractivity contribution >= 4 is 5.97 Å². The Morgan fingerprint density at radius 2 is 2.00 bits per heavy atom. The molecule has 4 nitrogen and oxygen atoms in total. The van der Waals surface area contributed by atoms with E-state index in [2.05, 4.69) is 0 Å². The van der Waals surface area contributed by atoms with Gasteiger partial charge in [-0.25, -0.2) is 4.79 Å². The highest BCUT2D eigenvalue weighted by molar-refractivity contribution is 5.76. The maximum Gasteiger partial charge on any atom is 0.335 e. The molecule has 0 aromatic rings. The highest BCUT2D eigenvalue weighted by Gasteiger charge is 2.31. The van der Waals surface area contributed by atoms with Crippen molar-refractivity contribution < 1.29 is 19.4 Å². The van der Waals surface area contributed by atoms with E-state index in [1.54, 1.807) is 13.8 Å². The fraction of sp³-hybridized carbons (Fsp3) is 0.889. The maximum absolute atomic E-state index is 10.8. The Hall–Kier alpha value is -0.610. The summed E-state index contributed by atoms with van der Waals surface area (Å²) in [5, 5.41) is 8.82. The highest BCUT2D eigenvalue weighted by Crippen LogP contribution is 2.14. The third-order valence-electron chi connectivity index (χ3n) is 1.98. The summed E-state index contributed by atoms with van der Waals surface area (Å²) in [6.07, 6.45) is 0.453. The van der Waals surface area contributed by atoms with E-state index in [1.165, 1.54) is 0 Å². The maximum atomic E-state index is 10.8. The highest BCUT2D eigenvalue weighted by atomic mass is 16.6. The monoisotopic (exact) mass is 190 g/mol. The molecule has 0 fully saturated rings. The van der Waals surface area contributed by atoms with Gasteiger partial charge >= 0.3 is 5.97 Å². The lowest BCUT2D eigenvalue weighted by Crippen LogP contribution is -2.38. The molecule has 0 aliphatic rings. The number of carboxylic acids is 1. The minimum Gasteiger partial charge on any atom is -0.479 e. The van der Waals surface area contributed by atoms with E-state index in [0.717, 1.165) is 0 Å². The Morgan fingerprint density at radius 1 is 1.38 bits per heavy atom. The average Bonchev–Trinajstić information content (AvgIpc) is 2.12. The van der Waals surface area contributed by atoms with Crippen LogP contribution in [0.3, 0.4) is 0 Å². The van der Waals surface area contributed by atoms with Crippen LogP contribution >= 0.6 is 0 Å². The molecule has 13 heavy (non-hydrogen) atoms. The van der Waals surface area contributed by atoms with Gasteiger partial charge in [0.25, 0.3) is 0 Å². The SMILES string of the molecule is CCOCCOC(C)(CC)C(=O)O. The van der Waals surface area contributed by atoms with Gasteiger partial charge < -0.3 is 14.6 Å². The molecule has 1 atom stereocenters. The molecule has 0 radical (unpaired) electrons. The van der Waals surface area contributed by atoms with Crippen LogP contribution in [0.1, 0.15) is 27.2 Å². The molecular formula is C9H18O4. The summed E-state index contributed by atoms with van der Waals surface area (Å²) in [7, 11) is 0. The topological polar surface area (TPSA) is 55.8 Å². The summed E-state index contributed by atoms with van der Waals surface area (Å²) in [4.78, 5) is 10.8. The molecule has 4 heteroatoms. The van der Waals surface area contributed by atoms with Gasteiger partial charge in [-0.1, -0.05) is 6.92 Å². The van der Waals surface area contributed by atoms with Crippen molar-refractivity contribution in [2.75, 3.05) is 19.8 Å². The first-order chi connectivity index (χ1) is 6.06. The van der Waals surface area contributed by atoms with Gasteiger partial charge in [-0.2, -0.15) is 0 Å². The second kappa shape index (κ2) is 5.94. The van der Waals surface area contributed by atoms with Crippen LogP contribution < -0.4 is 0 Å². The van der Waals surface area contributed by atoms with E-state index in [4.69, 9.17) is 14.6 Å². The Bertz CT molecular complexity index is 158. The number of ether oxygens (including phenoxy) is 2. The van der Waals surface area contributed by atoms with Crippen LogP contribution in [0, 0.1) is 0 Å². The molecule has 0 amide bonds. The lowest BCUT2D eigenvalue weighted by atomic mass is 10.0. The van der Waals surface area contributed by atoms with Crippen LogP contribution in [0.25, 0.3) is 0 Å². The molecule has 0 aliphatic carbocycles. The fourth-order valence-corrected chi connectivity index (χ4v) is 0.785. The van der Waals surface area contributed by atoms with Crippen molar-refractivity contribution in [2.45, 2.75) is 32.8 Å². The van der Waals surface area contributed by atoms with Gasteiger partial charge in [0.2, 0.25) is 0 Å². The molecule has 0 aliphatic heterocycles. The minimum absolute atomic E-state index is 0.324. The number of carbonyl (C=O) groups is 1. The molecule has 0 aromatic carbocycles. The number of aliphatic carboxylic acids is 1. The van der Waals surface area contributed by atoms with Gasteiger partial charge in [0, 0.05) is 6.61 Å². The van der Waals surface area contributed by atoms with E-state index in [1.807, 2.05) is 6.92 Å². The van der Waals surface area contributed by atoms with Crippen LogP contribution in [0.2, 0.25) is 0 Å². The van der Waals surface area contributed by atoms with Crippen molar-refractivity contribution in [2.24, 2.45) is 0 Å². The third-order valence-corrected chi connectivity index (χ3v) is 1.98. The second-order valence-electron chi connectivity index (χ2n) is 2.93. The molecule has 78 valence electrons. The second-order valence-corrected chi connectivity index (χ2v) is 2.93. The molecular weight excluding hydrogens is 172 g/mol. The average molecular weight is 190 g/mol. The molecule has 1 unspecified atom stereocenters. The summed E-state index contributed by atoms with van der Waals surface area (Å²) in [5.41, 5.74) is -1.07. The predicted molar refractivity (Wildman–Crippen MR) is 48.8 cm³/mol. The van der Waals surface area contributed by atoms with E-state index < -0.39 is 11.6 Å². The van der Waals surface area contributed by atoms with Gasteiger partial charge in [0.15, 0.2) is 5.60 Å². The first-order valence-electron chi connectivity index (χ1n) is 4.52. The van der Waals surface area contributed by atoms with E-state index >= 15 is 0 Å². The molecule has 0 aromatic heterocycles. The smallest absolute Gasteiger partial charge is 0.335 e. The molecule has 0 spiro atoms. The zero-order valence-electron chi connectivity index (χ0n) is 8.50. The number of rotatable bonds is 7. The Balaban J connectivity index is 3.78. The lowest BCUT2D eigenvalue weighted by Gasteiger charge is -2.23. The Labute approximate surface area is 78.8 Å². The first-order valence-corrected chi connectivity index (χ1v) is 4.52. The van der Waals surface area contributed by atoms with Crippen LogP contribution in [0.4, 0.5) is 0 Å². The van der Waals surface area contributed by atoms with Gasteiger partial charge in [0.05, 0.1) is 13.2 Å². The van der Waals surface area contributed by atoms with Crippen molar-refractivity contribution in [3.63, 3.8) is 0 Å². The molecule has 0 bridgehead atoms. The summed E-state index contributed by atoms with van der Waals surface area (Å²) in [6, 6.07) is 0. The molecule has 0 saturated carbocycles. The third kappa shape index (κ3) is 4.24.